The molecule has 10 nitrogen and oxygen atoms in total. The summed E-state index contributed by atoms with van der Waals surface area (Å²) in [7, 11) is -4.61. The molecular formula is C25H28N5O5P. The van der Waals surface area contributed by atoms with Crippen molar-refractivity contribution in [2.45, 2.75) is 31.5 Å². The van der Waals surface area contributed by atoms with Gasteiger partial charge in [-0.3, -0.25) is 4.52 Å². The second-order valence-electron chi connectivity index (χ2n) is 8.82. The molecule has 36 heavy (non-hydrogen) atoms. The molecule has 0 radical (unpaired) electrons. The maximum atomic E-state index is 11.0. The smallest absolute Gasteiger partial charge is 0.356 e. The van der Waals surface area contributed by atoms with Gasteiger partial charge < -0.3 is 29.8 Å². The molecule has 188 valence electrons. The molecule has 2 aromatic heterocycles. The van der Waals surface area contributed by atoms with Crippen LogP contribution in [0.2, 0.25) is 0 Å². The van der Waals surface area contributed by atoms with E-state index in [1.807, 2.05) is 18.3 Å². The Labute approximate surface area is 208 Å². The summed E-state index contributed by atoms with van der Waals surface area (Å²) in [5, 5.41) is 4.18. The number of allylic oxidation sites excluding steroid dienone is 2. The maximum absolute atomic E-state index is 11.0. The molecule has 0 saturated carbocycles. The lowest BCUT2D eigenvalue weighted by Crippen LogP contribution is -2.41. The molecule has 4 heterocycles. The molecule has 11 heteroatoms. The molecule has 2 atom stereocenters. The van der Waals surface area contributed by atoms with Gasteiger partial charge in [0.15, 0.2) is 5.76 Å². The van der Waals surface area contributed by atoms with Crippen LogP contribution in [0.1, 0.15) is 41.5 Å². The predicted octanol–water partition coefficient (Wildman–Crippen LogP) is 3.57. The fourth-order valence-corrected chi connectivity index (χ4v) is 4.90. The third-order valence-corrected chi connectivity index (χ3v) is 6.83. The largest absolute Gasteiger partial charge is 0.471 e. The van der Waals surface area contributed by atoms with Gasteiger partial charge in [-0.25, -0.2) is 9.55 Å². The van der Waals surface area contributed by atoms with Gasteiger partial charge in [0.1, 0.15) is 18.7 Å². The molecule has 0 spiro atoms. The minimum absolute atomic E-state index is 0.344. The molecular weight excluding hydrogens is 481 g/mol. The van der Waals surface area contributed by atoms with Gasteiger partial charge in [0, 0.05) is 37.0 Å². The van der Waals surface area contributed by atoms with Crippen molar-refractivity contribution in [2.75, 3.05) is 18.2 Å². The Morgan fingerprint density at radius 1 is 1.19 bits per heavy atom. The van der Waals surface area contributed by atoms with Crippen LogP contribution in [0, 0.1) is 0 Å². The number of hydrogen-bond donors (Lipinski definition) is 3. The molecule has 1 saturated heterocycles. The topological polar surface area (TPSA) is 138 Å². The summed E-state index contributed by atoms with van der Waals surface area (Å²) in [6.07, 6.45) is 9.04. The predicted molar refractivity (Wildman–Crippen MR) is 134 cm³/mol. The van der Waals surface area contributed by atoms with Gasteiger partial charge in [-0.2, -0.15) is 0 Å². The second kappa shape index (κ2) is 10.4. The van der Waals surface area contributed by atoms with Crippen molar-refractivity contribution in [3.05, 3.63) is 95.7 Å². The van der Waals surface area contributed by atoms with E-state index >= 15 is 0 Å². The van der Waals surface area contributed by atoms with Gasteiger partial charge >= 0.3 is 7.82 Å². The molecule has 0 bridgehead atoms. The fraction of sp³-hybridized carbons (Fsp3) is 0.280. The number of aromatic nitrogens is 2. The third-order valence-electron chi connectivity index (χ3n) is 6.37. The third kappa shape index (κ3) is 5.59. The zero-order valence-corrected chi connectivity index (χ0v) is 20.4. The summed E-state index contributed by atoms with van der Waals surface area (Å²) < 4.78 is 21.1. The summed E-state index contributed by atoms with van der Waals surface area (Å²) in [5.41, 5.74) is 9.92. The molecule has 3 aromatic rings. The van der Waals surface area contributed by atoms with Crippen molar-refractivity contribution in [3.63, 3.8) is 0 Å². The van der Waals surface area contributed by atoms with Crippen LogP contribution in [0.3, 0.4) is 0 Å². The second-order valence-corrected chi connectivity index (χ2v) is 10.1. The van der Waals surface area contributed by atoms with Crippen LogP contribution in [-0.2, 0) is 15.5 Å². The van der Waals surface area contributed by atoms with E-state index in [2.05, 4.69) is 51.0 Å². The molecule has 5 rings (SSSR count). The van der Waals surface area contributed by atoms with Crippen LogP contribution < -0.4 is 10.6 Å². The van der Waals surface area contributed by atoms with Gasteiger partial charge in [-0.05, 0) is 36.1 Å². The molecule has 2 aliphatic rings. The normalized spacial score (nSPS) is 20.1. The van der Waals surface area contributed by atoms with Gasteiger partial charge in [-0.15, -0.1) is 0 Å². The summed E-state index contributed by atoms with van der Waals surface area (Å²) in [4.78, 5) is 26.5. The Bertz CT molecular complexity index is 1290. The quantitative estimate of drug-likeness (QED) is 0.386. The average molecular weight is 510 g/mol. The van der Waals surface area contributed by atoms with Crippen molar-refractivity contribution in [1.29, 1.82) is 0 Å². The van der Waals surface area contributed by atoms with E-state index in [0.29, 0.717) is 23.8 Å². The Morgan fingerprint density at radius 3 is 2.78 bits per heavy atom. The van der Waals surface area contributed by atoms with Crippen LogP contribution in [0.4, 0.5) is 5.82 Å². The number of nitrogens with two attached hydrogens (primary N) is 1. The zero-order chi connectivity index (χ0) is 25.1. The standard InChI is InChI=1S/C25H28N5O5P/c26-25-21(8-4-12-29(25)17-34-36(31,32)33)23-15-20(28-35-23)14-18-10-11-24(27-16-18)30-13-5-9-22(30)19-6-2-1-3-7-19/h1-4,6-8,10-12,15-16,22,25H,5,9,13-14,17,26H2,(H2,31,32,33). The molecule has 0 amide bonds. The van der Waals surface area contributed by atoms with Crippen molar-refractivity contribution >= 4 is 19.2 Å². The summed E-state index contributed by atoms with van der Waals surface area (Å²) in [5.74, 6) is 1.45. The van der Waals surface area contributed by atoms with Crippen molar-refractivity contribution in [2.24, 2.45) is 5.73 Å². The monoisotopic (exact) mass is 509 g/mol. The zero-order valence-electron chi connectivity index (χ0n) is 19.6. The van der Waals surface area contributed by atoms with Crippen molar-refractivity contribution in [3.8, 4) is 0 Å². The van der Waals surface area contributed by atoms with Crippen LogP contribution in [0.5, 0.6) is 0 Å². The van der Waals surface area contributed by atoms with E-state index in [4.69, 9.17) is 25.0 Å². The number of nitrogens with zero attached hydrogens (tertiary/aromatic N) is 4. The van der Waals surface area contributed by atoms with Gasteiger partial charge in [0.2, 0.25) is 0 Å². The van der Waals surface area contributed by atoms with E-state index in [-0.39, 0.29) is 6.73 Å². The number of hydrogen-bond acceptors (Lipinski definition) is 8. The molecule has 2 unspecified atom stereocenters. The lowest BCUT2D eigenvalue weighted by Gasteiger charge is -2.30. The molecule has 0 aliphatic carbocycles. The minimum atomic E-state index is -4.61. The highest BCUT2D eigenvalue weighted by atomic mass is 31.2. The molecule has 2 aliphatic heterocycles. The highest BCUT2D eigenvalue weighted by Gasteiger charge is 2.27. The van der Waals surface area contributed by atoms with Crippen LogP contribution in [0.15, 0.2) is 77.6 Å². The van der Waals surface area contributed by atoms with Gasteiger partial charge in [0.05, 0.1) is 11.7 Å². The summed E-state index contributed by atoms with van der Waals surface area (Å²) >= 11 is 0. The van der Waals surface area contributed by atoms with E-state index in [0.717, 1.165) is 36.5 Å². The Balaban J connectivity index is 1.24. The number of pyridine rings is 1. The van der Waals surface area contributed by atoms with E-state index < -0.39 is 14.0 Å². The lowest BCUT2D eigenvalue weighted by molar-refractivity contribution is 0.110. The van der Waals surface area contributed by atoms with Crippen LogP contribution in [0.25, 0.3) is 5.57 Å². The van der Waals surface area contributed by atoms with Gasteiger partial charge in [-0.1, -0.05) is 47.6 Å². The van der Waals surface area contributed by atoms with Crippen molar-refractivity contribution in [1.82, 2.24) is 15.0 Å². The summed E-state index contributed by atoms with van der Waals surface area (Å²) in [6.45, 7) is 0.624. The number of phosphoric acid groups is 1. The first-order valence-electron chi connectivity index (χ1n) is 11.7. The molecule has 1 aromatic carbocycles. The summed E-state index contributed by atoms with van der Waals surface area (Å²) in [6, 6.07) is 16.8. The first-order valence-corrected chi connectivity index (χ1v) is 13.2. The molecule has 1 fully saturated rings. The molecule has 4 N–H and O–H groups in total. The van der Waals surface area contributed by atoms with E-state index in [1.165, 1.54) is 10.5 Å². The van der Waals surface area contributed by atoms with Crippen LogP contribution >= 0.6 is 7.82 Å². The first kappa shape index (κ1) is 24.4. The minimum Gasteiger partial charge on any atom is -0.356 e. The first-order chi connectivity index (χ1) is 17.4. The van der Waals surface area contributed by atoms with Gasteiger partial charge in [0.25, 0.3) is 0 Å². The highest BCUT2D eigenvalue weighted by Crippen LogP contribution is 2.37. The number of benzene rings is 1. The van der Waals surface area contributed by atoms with Crippen LogP contribution in [-0.4, -0.2) is 44.3 Å². The number of anilines is 1. The average Bonchev–Trinajstić information content (AvgIpc) is 3.54. The Morgan fingerprint density at radius 2 is 2.03 bits per heavy atom. The van der Waals surface area contributed by atoms with E-state index in [9.17, 15) is 4.57 Å². The lowest BCUT2D eigenvalue weighted by atomic mass is 10.0. The number of phosphoric ester groups is 1. The highest BCUT2D eigenvalue weighted by molar-refractivity contribution is 7.46. The number of rotatable bonds is 8. The van der Waals surface area contributed by atoms with E-state index in [1.54, 1.807) is 18.4 Å². The Kier molecular flexibility index (Phi) is 7.04. The maximum Gasteiger partial charge on any atom is 0.471 e. The Hall–Kier alpha value is -3.27. The van der Waals surface area contributed by atoms with Crippen molar-refractivity contribution < 1.29 is 23.4 Å². The SMILES string of the molecule is NC1C(c2cc(Cc3ccc(N4CCCC4c4ccccc4)nc3)no2)=CC=CN1COP(=O)(O)O. The fourth-order valence-electron chi connectivity index (χ4n) is 4.61.